The number of alkyl halides is 5. The van der Waals surface area contributed by atoms with Crippen LogP contribution in [0.3, 0.4) is 0 Å². The van der Waals surface area contributed by atoms with Crippen LogP contribution in [0.4, 0.5) is 26.3 Å². The van der Waals surface area contributed by atoms with E-state index in [2.05, 4.69) is 10.5 Å². The number of halogens is 6. The molecule has 2 heterocycles. The van der Waals surface area contributed by atoms with Crippen LogP contribution in [-0.4, -0.2) is 47.4 Å². The summed E-state index contributed by atoms with van der Waals surface area (Å²) in [5, 5.41) is 19.3. The smallest absolute Gasteiger partial charge is 0.404 e. The van der Waals surface area contributed by atoms with Crippen LogP contribution in [0.1, 0.15) is 56.8 Å². The van der Waals surface area contributed by atoms with E-state index in [0.717, 1.165) is 6.07 Å². The maximum Gasteiger partial charge on any atom is 0.404 e. The van der Waals surface area contributed by atoms with Crippen molar-refractivity contribution in [3.05, 3.63) is 40.3 Å². The second kappa shape index (κ2) is 10.9. The maximum absolute atomic E-state index is 15.2. The lowest BCUT2D eigenvalue weighted by Crippen LogP contribution is -2.43. The van der Waals surface area contributed by atoms with Crippen LogP contribution in [0.2, 0.25) is 0 Å². The molecule has 2 unspecified atom stereocenters. The van der Waals surface area contributed by atoms with Gasteiger partial charge in [-0.2, -0.15) is 17.9 Å². The van der Waals surface area contributed by atoms with Crippen molar-refractivity contribution in [1.82, 2.24) is 15.2 Å². The number of aliphatic carboxylic acids is 1. The van der Waals surface area contributed by atoms with E-state index in [-0.39, 0.29) is 27.7 Å². The number of hydroxylamine groups is 1. The average molecular weight is 618 g/mol. The maximum atomic E-state index is 15.2. The van der Waals surface area contributed by atoms with Gasteiger partial charge in [0.05, 0.1) is 33.9 Å². The van der Waals surface area contributed by atoms with Crippen molar-refractivity contribution in [3.63, 3.8) is 0 Å². The molecule has 2 atom stereocenters. The Labute approximate surface area is 228 Å². The predicted octanol–water partition coefficient (Wildman–Crippen LogP) is 4.74. The summed E-state index contributed by atoms with van der Waals surface area (Å²) in [6.45, 7) is 4.25. The van der Waals surface area contributed by atoms with Crippen molar-refractivity contribution in [2.75, 3.05) is 0 Å². The number of benzene rings is 1. The highest BCUT2D eigenvalue weighted by Gasteiger charge is 2.42. The average Bonchev–Trinajstić information content (AvgIpc) is 3.40. The number of aliphatic hydroxyl groups excluding tert-OH is 1. The molecule has 0 radical (unpaired) electrons. The van der Waals surface area contributed by atoms with Crippen molar-refractivity contribution < 1.29 is 54.6 Å². The van der Waals surface area contributed by atoms with Crippen LogP contribution in [-0.2, 0) is 26.3 Å². The van der Waals surface area contributed by atoms with Gasteiger partial charge in [-0.1, -0.05) is 6.07 Å². The third-order valence-electron chi connectivity index (χ3n) is 6.01. The molecular formula is C23H25F6N3O6S2. The lowest BCUT2D eigenvalue weighted by molar-refractivity contribution is -0.151. The lowest BCUT2D eigenvalue weighted by atomic mass is 9.81. The number of thiazole rings is 1. The Bertz CT molecular complexity index is 1440. The van der Waals surface area contributed by atoms with Gasteiger partial charge in [-0.05, 0) is 46.3 Å². The SMILES string of the molecule is CC(NS(=O)(=O)c1ccc(-c2sc(C3=CC(C)(CC(C)(C)C(=O)O)ON3)nc2CO)c(C(F)F)c1F)C(F)(F)F. The first kappa shape index (κ1) is 31.8. The number of nitrogens with one attached hydrogen (secondary N) is 2. The summed E-state index contributed by atoms with van der Waals surface area (Å²) in [6.07, 6.45) is -7.08. The van der Waals surface area contributed by atoms with Gasteiger partial charge >= 0.3 is 12.1 Å². The van der Waals surface area contributed by atoms with E-state index < -0.39 is 74.1 Å². The van der Waals surface area contributed by atoms with E-state index in [4.69, 9.17) is 4.84 Å². The molecule has 0 aliphatic carbocycles. The highest BCUT2D eigenvalue weighted by atomic mass is 32.2. The molecule has 1 aliphatic heterocycles. The van der Waals surface area contributed by atoms with Crippen molar-refractivity contribution in [2.45, 2.75) is 69.9 Å². The predicted molar refractivity (Wildman–Crippen MR) is 131 cm³/mol. The fraction of sp³-hybridized carbons (Fsp3) is 0.478. The number of rotatable bonds is 10. The zero-order chi connectivity index (χ0) is 30.4. The van der Waals surface area contributed by atoms with E-state index in [9.17, 15) is 45.4 Å². The monoisotopic (exact) mass is 617 g/mol. The van der Waals surface area contributed by atoms with Gasteiger partial charge in [0, 0.05) is 5.56 Å². The molecule has 4 N–H and O–H groups in total. The Morgan fingerprint density at radius 1 is 1.27 bits per heavy atom. The van der Waals surface area contributed by atoms with Gasteiger partial charge in [-0.3, -0.25) is 15.1 Å². The third-order valence-corrected chi connectivity index (χ3v) is 8.74. The number of nitrogens with zero attached hydrogens (tertiary/aromatic N) is 1. The van der Waals surface area contributed by atoms with Gasteiger partial charge in [-0.25, -0.2) is 26.6 Å². The van der Waals surface area contributed by atoms with Crippen molar-refractivity contribution in [2.24, 2.45) is 5.41 Å². The molecule has 0 saturated carbocycles. The number of aliphatic hydroxyl groups is 1. The Morgan fingerprint density at radius 3 is 2.42 bits per heavy atom. The topological polar surface area (TPSA) is 138 Å². The second-order valence-corrected chi connectivity index (χ2v) is 12.6. The van der Waals surface area contributed by atoms with Gasteiger partial charge in [-0.15, -0.1) is 11.3 Å². The molecular weight excluding hydrogens is 592 g/mol. The summed E-state index contributed by atoms with van der Waals surface area (Å²) in [4.78, 5) is 19.7. The van der Waals surface area contributed by atoms with Gasteiger partial charge < -0.3 is 10.2 Å². The molecule has 3 rings (SSSR count). The molecule has 0 amide bonds. The van der Waals surface area contributed by atoms with E-state index >= 15 is 4.39 Å². The zero-order valence-corrected chi connectivity index (χ0v) is 23.0. The standard InChI is InChI=1S/C23H25F6N3O6S2/c1-10(23(27,28)29)32-40(36,37)14-6-5-11(15(16(14)24)18(25)26)17-13(8-33)30-19(39-17)12-7-22(4,38-31-12)9-21(2,3)20(34)35/h5-7,10,18,31-33H,8-9H2,1-4H3,(H,34,35). The number of hydrogen-bond donors (Lipinski definition) is 4. The summed E-state index contributed by atoms with van der Waals surface area (Å²) in [5.74, 6) is -3.04. The fourth-order valence-electron chi connectivity index (χ4n) is 4.02. The van der Waals surface area contributed by atoms with Gasteiger partial charge in [0.25, 0.3) is 6.43 Å². The van der Waals surface area contributed by atoms with Gasteiger partial charge in [0.15, 0.2) is 5.82 Å². The number of sulfonamides is 1. The Balaban J connectivity index is 2.07. The molecule has 40 heavy (non-hydrogen) atoms. The molecule has 1 aliphatic rings. The van der Waals surface area contributed by atoms with Crippen molar-refractivity contribution in [3.8, 4) is 10.4 Å². The Morgan fingerprint density at radius 2 is 1.90 bits per heavy atom. The molecule has 0 spiro atoms. The lowest BCUT2D eigenvalue weighted by Gasteiger charge is -2.28. The molecule has 0 bridgehead atoms. The van der Waals surface area contributed by atoms with Crippen LogP contribution < -0.4 is 10.2 Å². The first-order valence-corrected chi connectivity index (χ1v) is 13.7. The van der Waals surface area contributed by atoms with Crippen LogP contribution in [0, 0.1) is 11.2 Å². The van der Waals surface area contributed by atoms with Gasteiger partial charge in [0.1, 0.15) is 21.5 Å². The molecule has 222 valence electrons. The second-order valence-electron chi connectivity index (χ2n) is 9.92. The minimum atomic E-state index is -5.20. The van der Waals surface area contributed by atoms with Crippen molar-refractivity contribution >= 4 is 33.0 Å². The molecule has 0 fully saturated rings. The molecule has 1 aromatic heterocycles. The number of carbonyl (C=O) groups is 1. The number of hydrogen-bond acceptors (Lipinski definition) is 8. The first-order valence-electron chi connectivity index (χ1n) is 11.4. The highest BCUT2D eigenvalue weighted by Crippen LogP contribution is 2.43. The largest absolute Gasteiger partial charge is 0.481 e. The summed E-state index contributed by atoms with van der Waals surface area (Å²) in [5.41, 5.74) is -1.65. The van der Waals surface area contributed by atoms with Crippen LogP contribution in [0.25, 0.3) is 16.1 Å². The number of carboxylic acids is 1. The number of carboxylic acid groups (broad SMARTS) is 1. The molecule has 0 saturated heterocycles. The Hall–Kier alpha value is -2.73. The van der Waals surface area contributed by atoms with E-state index in [1.807, 2.05) is 0 Å². The quantitative estimate of drug-likeness (QED) is 0.281. The third kappa shape index (κ3) is 6.43. The minimum absolute atomic E-state index is 0.0224. The summed E-state index contributed by atoms with van der Waals surface area (Å²) < 4.78 is 108. The highest BCUT2D eigenvalue weighted by molar-refractivity contribution is 7.89. The van der Waals surface area contributed by atoms with Crippen LogP contribution in [0.5, 0.6) is 0 Å². The number of aromatic nitrogens is 1. The van der Waals surface area contributed by atoms with Gasteiger partial charge in [0.2, 0.25) is 10.0 Å². The fourth-order valence-corrected chi connectivity index (χ4v) is 6.42. The minimum Gasteiger partial charge on any atom is -0.481 e. The van der Waals surface area contributed by atoms with E-state index in [1.54, 1.807) is 6.92 Å². The van der Waals surface area contributed by atoms with Crippen LogP contribution >= 0.6 is 11.3 Å². The zero-order valence-electron chi connectivity index (χ0n) is 21.4. The summed E-state index contributed by atoms with van der Waals surface area (Å²) in [6, 6.07) is -1.29. The van der Waals surface area contributed by atoms with E-state index in [0.29, 0.717) is 24.3 Å². The Kier molecular flexibility index (Phi) is 8.68. The summed E-state index contributed by atoms with van der Waals surface area (Å²) >= 11 is 0.715. The molecule has 1 aromatic carbocycles. The van der Waals surface area contributed by atoms with E-state index in [1.165, 1.54) is 24.6 Å². The molecule has 9 nitrogen and oxygen atoms in total. The first-order chi connectivity index (χ1) is 18.2. The molecule has 2 aromatic rings. The summed E-state index contributed by atoms with van der Waals surface area (Å²) in [7, 11) is -5.20. The molecule has 17 heteroatoms. The van der Waals surface area contributed by atoms with Crippen molar-refractivity contribution in [1.29, 1.82) is 0 Å². The van der Waals surface area contributed by atoms with Crippen LogP contribution in [0.15, 0.2) is 23.1 Å². The normalized spacial score (nSPS) is 19.1.